The molecule has 3 aliphatic heterocycles. The zero-order valence-corrected chi connectivity index (χ0v) is 23.8. The molecule has 0 saturated carbocycles. The number of benzene rings is 1. The van der Waals surface area contributed by atoms with Gasteiger partial charge in [-0.1, -0.05) is 18.2 Å². The van der Waals surface area contributed by atoms with Gasteiger partial charge in [-0.15, -0.1) is 0 Å². The van der Waals surface area contributed by atoms with Crippen molar-refractivity contribution in [2.45, 2.75) is 57.7 Å². The molecule has 0 aliphatic carbocycles. The molecule has 1 aromatic carbocycles. The Morgan fingerprint density at radius 2 is 2.12 bits per heavy atom. The average molecular weight is 577 g/mol. The summed E-state index contributed by atoms with van der Waals surface area (Å²) in [6.45, 7) is 9.65. The van der Waals surface area contributed by atoms with Gasteiger partial charge in [0, 0.05) is 55.8 Å². The molecule has 4 atom stereocenters. The molecule has 3 aliphatic rings. The number of amides is 1. The summed E-state index contributed by atoms with van der Waals surface area (Å²) in [5.41, 5.74) is 8.21. The van der Waals surface area contributed by atoms with E-state index in [2.05, 4.69) is 11.5 Å². The number of hydrogen-bond donors (Lipinski definition) is 1. The van der Waals surface area contributed by atoms with Gasteiger partial charge in [-0.3, -0.25) is 9.69 Å². The highest BCUT2D eigenvalue weighted by molar-refractivity contribution is 6.32. The van der Waals surface area contributed by atoms with E-state index in [1.54, 1.807) is 11.8 Å². The number of carbonyl (C=O) groups excluding carboxylic acids is 1. The van der Waals surface area contributed by atoms with Gasteiger partial charge < -0.3 is 25.0 Å². The zero-order chi connectivity index (χ0) is 28.7. The number of halogens is 3. The fourth-order valence-corrected chi connectivity index (χ4v) is 6.06. The summed E-state index contributed by atoms with van der Waals surface area (Å²) in [5, 5.41) is 0.271. The van der Waals surface area contributed by atoms with Crippen molar-refractivity contribution in [3.8, 4) is 6.01 Å². The fourth-order valence-electron chi connectivity index (χ4n) is 5.80. The number of likely N-dealkylation sites (tertiary alicyclic amines) is 1. The van der Waals surface area contributed by atoms with Crippen LogP contribution in [0.15, 0.2) is 18.7 Å². The van der Waals surface area contributed by atoms with Crippen LogP contribution in [-0.2, 0) is 22.6 Å². The SMILES string of the molecule is C=CC(=O)N1CCN(c2nc(OCC3CC(F)CN3C)nc3c2COC(c2c(F)c(N)cc(C)c2Cl)C3)C(C)C1. The van der Waals surface area contributed by atoms with Gasteiger partial charge in [0.05, 0.1) is 29.1 Å². The van der Waals surface area contributed by atoms with Crippen molar-refractivity contribution in [2.75, 3.05) is 50.5 Å². The van der Waals surface area contributed by atoms with Crippen LogP contribution in [0, 0.1) is 12.7 Å². The standard InChI is InChI=1S/C28H35ClF2N6O3/c1-5-23(38)36-6-7-37(16(3)11-36)27-19-14-39-22(24-25(29)15(2)8-20(32)26(24)31)10-21(19)33-28(34-27)40-13-18-9-17(30)12-35(18)4/h5,8,16-18,22H,1,6-7,9-14,32H2,2-4H3. The second-order valence-corrected chi connectivity index (χ2v) is 11.2. The molecule has 40 heavy (non-hydrogen) atoms. The van der Waals surface area contributed by atoms with Crippen LogP contribution in [0.2, 0.25) is 5.02 Å². The van der Waals surface area contributed by atoms with Gasteiger partial charge in [-0.2, -0.15) is 9.97 Å². The summed E-state index contributed by atoms with van der Waals surface area (Å²) < 4.78 is 41.3. The molecule has 0 radical (unpaired) electrons. The lowest BCUT2D eigenvalue weighted by Gasteiger charge is -2.41. The van der Waals surface area contributed by atoms with Crippen molar-refractivity contribution in [1.82, 2.24) is 19.8 Å². The lowest BCUT2D eigenvalue weighted by atomic mass is 9.96. The number of alkyl halides is 1. The number of nitrogens with two attached hydrogens (primary N) is 1. The number of likely N-dealkylation sites (N-methyl/N-ethyl adjacent to an activating group) is 1. The van der Waals surface area contributed by atoms with Crippen LogP contribution >= 0.6 is 11.6 Å². The van der Waals surface area contributed by atoms with Gasteiger partial charge >= 0.3 is 6.01 Å². The Morgan fingerprint density at radius 1 is 1.35 bits per heavy atom. The molecular formula is C28H35ClF2N6O3. The number of aryl methyl sites for hydroxylation is 1. The van der Waals surface area contributed by atoms with E-state index in [-0.39, 0.29) is 59.9 Å². The summed E-state index contributed by atoms with van der Waals surface area (Å²) in [5.74, 6) is -0.0683. The molecule has 0 bridgehead atoms. The first-order valence-corrected chi connectivity index (χ1v) is 13.9. The second-order valence-electron chi connectivity index (χ2n) is 10.9. The highest BCUT2D eigenvalue weighted by Gasteiger charge is 2.35. The van der Waals surface area contributed by atoms with Crippen molar-refractivity contribution in [3.05, 3.63) is 51.9 Å². The zero-order valence-electron chi connectivity index (χ0n) is 23.0. The van der Waals surface area contributed by atoms with Crippen LogP contribution in [0.1, 0.15) is 41.8 Å². The van der Waals surface area contributed by atoms with Crippen molar-refractivity contribution in [2.24, 2.45) is 0 Å². The van der Waals surface area contributed by atoms with Gasteiger partial charge in [-0.05, 0) is 45.0 Å². The molecule has 216 valence electrons. The maximum Gasteiger partial charge on any atom is 0.318 e. The molecule has 9 nitrogen and oxygen atoms in total. The molecule has 2 fully saturated rings. The normalized spacial score (nSPS) is 25.1. The average Bonchev–Trinajstić information content (AvgIpc) is 3.26. The Kier molecular flexibility index (Phi) is 8.17. The van der Waals surface area contributed by atoms with Crippen LogP contribution in [0.4, 0.5) is 20.3 Å². The van der Waals surface area contributed by atoms with E-state index in [1.807, 2.05) is 18.9 Å². The Bertz CT molecular complexity index is 1290. The summed E-state index contributed by atoms with van der Waals surface area (Å²) in [6, 6.07) is 1.52. The number of ether oxygens (including phenoxy) is 2. The number of hydrogen-bond acceptors (Lipinski definition) is 8. The van der Waals surface area contributed by atoms with Gasteiger partial charge in [0.15, 0.2) is 5.82 Å². The molecule has 2 N–H and O–H groups in total. The van der Waals surface area contributed by atoms with E-state index < -0.39 is 18.1 Å². The quantitative estimate of drug-likeness (QED) is 0.411. The maximum absolute atomic E-state index is 15.2. The third kappa shape index (κ3) is 5.46. The highest BCUT2D eigenvalue weighted by atomic mass is 35.5. The third-order valence-electron chi connectivity index (χ3n) is 8.05. The molecular weight excluding hydrogens is 542 g/mol. The Labute approximate surface area is 237 Å². The fraction of sp³-hybridized carbons (Fsp3) is 0.536. The minimum atomic E-state index is -0.895. The van der Waals surface area contributed by atoms with E-state index in [4.69, 9.17) is 36.8 Å². The number of piperazine rings is 1. The van der Waals surface area contributed by atoms with Crippen LogP contribution < -0.4 is 15.4 Å². The van der Waals surface area contributed by atoms with Gasteiger partial charge in [0.25, 0.3) is 0 Å². The molecule has 4 heterocycles. The Morgan fingerprint density at radius 3 is 2.80 bits per heavy atom. The van der Waals surface area contributed by atoms with Crippen LogP contribution in [0.3, 0.4) is 0 Å². The summed E-state index contributed by atoms with van der Waals surface area (Å²) in [4.78, 5) is 27.5. The van der Waals surface area contributed by atoms with E-state index in [9.17, 15) is 9.18 Å². The van der Waals surface area contributed by atoms with Crippen molar-refractivity contribution in [1.29, 1.82) is 0 Å². The lowest BCUT2D eigenvalue weighted by Crippen LogP contribution is -2.54. The smallest absolute Gasteiger partial charge is 0.318 e. The lowest BCUT2D eigenvalue weighted by molar-refractivity contribution is -0.126. The predicted molar refractivity (Wildman–Crippen MR) is 149 cm³/mol. The number of aromatic nitrogens is 2. The van der Waals surface area contributed by atoms with E-state index >= 15 is 4.39 Å². The predicted octanol–water partition coefficient (Wildman–Crippen LogP) is 3.62. The topological polar surface area (TPSA) is 97.0 Å². The molecule has 1 amide bonds. The van der Waals surface area contributed by atoms with Crippen LogP contribution in [-0.4, -0.2) is 83.8 Å². The third-order valence-corrected chi connectivity index (χ3v) is 8.55. The summed E-state index contributed by atoms with van der Waals surface area (Å²) in [6.07, 6.45) is 0.338. The first-order valence-electron chi connectivity index (χ1n) is 13.5. The summed E-state index contributed by atoms with van der Waals surface area (Å²) in [7, 11) is 1.87. The molecule has 4 unspecified atom stereocenters. The van der Waals surface area contributed by atoms with Crippen molar-refractivity contribution in [3.63, 3.8) is 0 Å². The number of nitrogen functional groups attached to an aromatic ring is 1. The van der Waals surface area contributed by atoms with Gasteiger partial charge in [-0.25, -0.2) is 8.78 Å². The minimum absolute atomic E-state index is 0.00585. The number of nitrogens with zero attached hydrogens (tertiary/aromatic N) is 5. The molecule has 2 aromatic rings. The first kappa shape index (κ1) is 28.5. The van der Waals surface area contributed by atoms with Gasteiger partial charge in [0.1, 0.15) is 18.6 Å². The number of carbonyl (C=O) groups is 1. The molecule has 0 spiro atoms. The molecule has 12 heteroatoms. The Balaban J connectivity index is 1.48. The monoisotopic (exact) mass is 576 g/mol. The largest absolute Gasteiger partial charge is 0.462 e. The minimum Gasteiger partial charge on any atom is -0.462 e. The van der Waals surface area contributed by atoms with Crippen molar-refractivity contribution >= 4 is 29.0 Å². The molecule has 1 aromatic heterocycles. The Hall–Kier alpha value is -3.02. The van der Waals surface area contributed by atoms with Crippen LogP contribution in [0.25, 0.3) is 0 Å². The van der Waals surface area contributed by atoms with Crippen molar-refractivity contribution < 1.29 is 23.0 Å². The van der Waals surface area contributed by atoms with E-state index in [0.717, 1.165) is 5.56 Å². The van der Waals surface area contributed by atoms with Gasteiger partial charge in [0.2, 0.25) is 5.91 Å². The molecule has 5 rings (SSSR count). The molecule has 2 saturated heterocycles. The van der Waals surface area contributed by atoms with Crippen LogP contribution in [0.5, 0.6) is 6.01 Å². The first-order chi connectivity index (χ1) is 19.1. The summed E-state index contributed by atoms with van der Waals surface area (Å²) >= 11 is 6.52. The highest BCUT2D eigenvalue weighted by Crippen LogP contribution is 2.41. The van der Waals surface area contributed by atoms with E-state index in [1.165, 1.54) is 12.1 Å². The number of anilines is 2. The van der Waals surface area contributed by atoms with E-state index in [0.29, 0.717) is 49.7 Å². The number of rotatable bonds is 6. The second kappa shape index (κ2) is 11.5. The maximum atomic E-state index is 15.2. The number of fused-ring (bicyclic) bond motifs is 1.